The summed E-state index contributed by atoms with van der Waals surface area (Å²) in [5.41, 5.74) is 2.78. The summed E-state index contributed by atoms with van der Waals surface area (Å²) in [7, 11) is 0. The lowest BCUT2D eigenvalue weighted by Crippen LogP contribution is -2.24. The van der Waals surface area contributed by atoms with Crippen LogP contribution in [0.5, 0.6) is 0 Å². The average Bonchev–Trinajstić information content (AvgIpc) is 2.81. The molecule has 0 saturated heterocycles. The molecule has 1 atom stereocenters. The second-order valence-electron chi connectivity index (χ2n) is 4.76. The first-order chi connectivity index (χ1) is 9.22. The summed E-state index contributed by atoms with van der Waals surface area (Å²) in [6.07, 6.45) is 2.21. The molecular weight excluding hydrogens is 318 g/mol. The molecule has 0 radical (unpaired) electrons. The van der Waals surface area contributed by atoms with Crippen LogP contribution in [0, 0.1) is 6.92 Å². The number of aryl methyl sites for hydroxylation is 1. The molecule has 0 fully saturated rings. The second kappa shape index (κ2) is 7.22. The lowest BCUT2D eigenvalue weighted by atomic mass is 9.98. The molecule has 2 aromatic rings. The molecule has 3 heteroatoms. The van der Waals surface area contributed by atoms with E-state index in [-0.39, 0.29) is 0 Å². The molecule has 1 nitrogen and oxygen atoms in total. The maximum atomic E-state index is 3.68. The van der Waals surface area contributed by atoms with Gasteiger partial charge in [-0.2, -0.15) is 0 Å². The Morgan fingerprint density at radius 2 is 2.05 bits per heavy atom. The van der Waals surface area contributed by atoms with Gasteiger partial charge < -0.3 is 5.32 Å². The molecule has 1 aromatic heterocycles. The number of hydrogen-bond acceptors (Lipinski definition) is 2. The van der Waals surface area contributed by atoms with Crippen LogP contribution in [0.4, 0.5) is 0 Å². The molecule has 1 heterocycles. The molecule has 0 spiro atoms. The van der Waals surface area contributed by atoms with Crippen LogP contribution in [-0.2, 0) is 6.42 Å². The van der Waals surface area contributed by atoms with Crippen LogP contribution in [0.15, 0.2) is 40.2 Å². The fraction of sp³-hybridized carbons (Fsp3) is 0.375. The number of rotatable bonds is 6. The average molecular weight is 338 g/mol. The van der Waals surface area contributed by atoms with Crippen LogP contribution in [0.2, 0.25) is 0 Å². The van der Waals surface area contributed by atoms with Crippen molar-refractivity contribution < 1.29 is 0 Å². The molecule has 0 aliphatic heterocycles. The third-order valence-electron chi connectivity index (χ3n) is 3.29. The van der Waals surface area contributed by atoms with Crippen molar-refractivity contribution in [2.45, 2.75) is 32.7 Å². The first kappa shape index (κ1) is 14.8. The summed E-state index contributed by atoms with van der Waals surface area (Å²) in [4.78, 5) is 1.41. The van der Waals surface area contributed by atoms with Crippen molar-refractivity contribution in [3.63, 3.8) is 0 Å². The quantitative estimate of drug-likeness (QED) is 0.772. The van der Waals surface area contributed by atoms with Crippen LogP contribution >= 0.6 is 27.3 Å². The SMILES string of the molecule is CCCNC(Cc1sccc1Br)c1ccccc1C. The van der Waals surface area contributed by atoms with Crippen LogP contribution in [0.25, 0.3) is 0 Å². The molecule has 0 aliphatic carbocycles. The Kier molecular flexibility index (Phi) is 5.61. The highest BCUT2D eigenvalue weighted by Crippen LogP contribution is 2.29. The molecule has 0 amide bonds. The van der Waals surface area contributed by atoms with Gasteiger partial charge in [0.2, 0.25) is 0 Å². The molecule has 1 aromatic carbocycles. The zero-order valence-electron chi connectivity index (χ0n) is 11.4. The van der Waals surface area contributed by atoms with Crippen LogP contribution in [0.3, 0.4) is 0 Å². The third kappa shape index (κ3) is 3.91. The number of nitrogens with one attached hydrogen (secondary N) is 1. The number of thiophene rings is 1. The number of hydrogen-bond donors (Lipinski definition) is 1. The summed E-state index contributed by atoms with van der Waals surface area (Å²) < 4.78 is 1.23. The first-order valence-corrected chi connectivity index (χ1v) is 8.40. The first-order valence-electron chi connectivity index (χ1n) is 6.73. The predicted octanol–water partition coefficient (Wildman–Crippen LogP) is 5.10. The summed E-state index contributed by atoms with van der Waals surface area (Å²) in [6, 6.07) is 11.2. The van der Waals surface area contributed by atoms with Crippen molar-refractivity contribution in [2.75, 3.05) is 6.54 Å². The van der Waals surface area contributed by atoms with E-state index in [0.717, 1.165) is 19.4 Å². The molecule has 19 heavy (non-hydrogen) atoms. The smallest absolute Gasteiger partial charge is 0.0371 e. The minimum Gasteiger partial charge on any atom is -0.310 e. The van der Waals surface area contributed by atoms with Crippen molar-refractivity contribution in [1.29, 1.82) is 0 Å². The predicted molar refractivity (Wildman–Crippen MR) is 87.9 cm³/mol. The Labute approximate surface area is 128 Å². The standard InChI is InChI=1S/C16H20BrNS/c1-3-9-18-15(11-16-14(17)8-10-19-16)13-7-5-4-6-12(13)2/h4-8,10,15,18H,3,9,11H2,1-2H3. The van der Waals surface area contributed by atoms with E-state index in [4.69, 9.17) is 0 Å². The maximum absolute atomic E-state index is 3.68. The van der Waals surface area contributed by atoms with Crippen molar-refractivity contribution in [1.82, 2.24) is 5.32 Å². The number of benzene rings is 1. The van der Waals surface area contributed by atoms with Crippen LogP contribution in [0.1, 0.15) is 35.4 Å². The third-order valence-corrected chi connectivity index (χ3v) is 5.23. The zero-order chi connectivity index (χ0) is 13.7. The Morgan fingerprint density at radius 3 is 2.68 bits per heavy atom. The molecule has 2 rings (SSSR count). The Morgan fingerprint density at radius 1 is 1.26 bits per heavy atom. The van der Waals surface area contributed by atoms with Gasteiger partial charge in [-0.3, -0.25) is 0 Å². The minimum absolute atomic E-state index is 0.399. The minimum atomic E-state index is 0.399. The van der Waals surface area contributed by atoms with Crippen molar-refractivity contribution in [2.24, 2.45) is 0 Å². The molecule has 0 aliphatic rings. The summed E-state index contributed by atoms with van der Waals surface area (Å²) in [6.45, 7) is 5.46. The van der Waals surface area contributed by atoms with E-state index in [1.807, 2.05) is 11.3 Å². The molecule has 1 N–H and O–H groups in total. The van der Waals surface area contributed by atoms with Crippen molar-refractivity contribution in [3.05, 3.63) is 56.2 Å². The van der Waals surface area contributed by atoms with Gasteiger partial charge in [0.25, 0.3) is 0 Å². The van der Waals surface area contributed by atoms with Gasteiger partial charge in [0.15, 0.2) is 0 Å². The molecule has 0 bridgehead atoms. The van der Waals surface area contributed by atoms with E-state index in [9.17, 15) is 0 Å². The topological polar surface area (TPSA) is 12.0 Å². The fourth-order valence-corrected chi connectivity index (χ4v) is 3.81. The van der Waals surface area contributed by atoms with Gasteiger partial charge in [0, 0.05) is 21.8 Å². The van der Waals surface area contributed by atoms with Gasteiger partial charge in [-0.05, 0) is 58.4 Å². The highest BCUT2D eigenvalue weighted by atomic mass is 79.9. The van der Waals surface area contributed by atoms with Crippen LogP contribution < -0.4 is 5.32 Å². The monoisotopic (exact) mass is 337 g/mol. The molecule has 1 unspecified atom stereocenters. The van der Waals surface area contributed by atoms with Gasteiger partial charge in [0.1, 0.15) is 0 Å². The lowest BCUT2D eigenvalue weighted by Gasteiger charge is -2.20. The maximum Gasteiger partial charge on any atom is 0.0371 e. The van der Waals surface area contributed by atoms with Gasteiger partial charge in [0.05, 0.1) is 0 Å². The normalized spacial score (nSPS) is 12.6. The van der Waals surface area contributed by atoms with Crippen molar-refractivity contribution >= 4 is 27.3 Å². The Balaban J connectivity index is 2.21. The van der Waals surface area contributed by atoms with E-state index in [2.05, 4.69) is 70.8 Å². The Bertz CT molecular complexity index is 521. The van der Waals surface area contributed by atoms with E-state index in [1.54, 1.807) is 0 Å². The lowest BCUT2D eigenvalue weighted by molar-refractivity contribution is 0.529. The van der Waals surface area contributed by atoms with E-state index >= 15 is 0 Å². The van der Waals surface area contributed by atoms with E-state index in [0.29, 0.717) is 6.04 Å². The highest BCUT2D eigenvalue weighted by Gasteiger charge is 2.15. The van der Waals surface area contributed by atoms with Gasteiger partial charge >= 0.3 is 0 Å². The largest absolute Gasteiger partial charge is 0.310 e. The summed E-state index contributed by atoms with van der Waals surface area (Å²) in [5.74, 6) is 0. The van der Waals surface area contributed by atoms with Gasteiger partial charge in [-0.15, -0.1) is 11.3 Å². The van der Waals surface area contributed by atoms with E-state index < -0.39 is 0 Å². The Hall–Kier alpha value is -0.640. The molecule has 102 valence electrons. The fourth-order valence-electron chi connectivity index (χ4n) is 2.24. The van der Waals surface area contributed by atoms with Gasteiger partial charge in [-0.25, -0.2) is 0 Å². The molecular formula is C16H20BrNS. The summed E-state index contributed by atoms with van der Waals surface area (Å²) >= 11 is 5.46. The van der Waals surface area contributed by atoms with Crippen LogP contribution in [-0.4, -0.2) is 6.54 Å². The second-order valence-corrected chi connectivity index (χ2v) is 6.61. The number of halogens is 1. The highest BCUT2D eigenvalue weighted by molar-refractivity contribution is 9.10. The van der Waals surface area contributed by atoms with E-state index in [1.165, 1.54) is 20.5 Å². The molecule has 0 saturated carbocycles. The van der Waals surface area contributed by atoms with Gasteiger partial charge in [-0.1, -0.05) is 31.2 Å². The summed E-state index contributed by atoms with van der Waals surface area (Å²) in [5, 5.41) is 5.82. The van der Waals surface area contributed by atoms with Crippen molar-refractivity contribution in [3.8, 4) is 0 Å². The zero-order valence-corrected chi connectivity index (χ0v) is 13.9.